The number of rotatable bonds is 4. The maximum atomic E-state index is 12.0. The smallest absolute Gasteiger partial charge is 0.256 e. The number of ether oxygens (including phenoxy) is 2. The van der Waals surface area contributed by atoms with Gasteiger partial charge in [0.25, 0.3) is 5.91 Å². The molecule has 1 heterocycles. The summed E-state index contributed by atoms with van der Waals surface area (Å²) in [5.74, 6) is 1.56. The number of aliphatic imine (C=N–C) groups is 1. The molecular weight excluding hydrogens is 258 g/mol. The van der Waals surface area contributed by atoms with Gasteiger partial charge in [-0.05, 0) is 31.5 Å². The zero-order valence-corrected chi connectivity index (χ0v) is 12.1. The molecule has 0 bridgehead atoms. The first-order valence-corrected chi connectivity index (χ1v) is 6.42. The molecule has 0 fully saturated rings. The molecule has 1 amide bonds. The van der Waals surface area contributed by atoms with Crippen LogP contribution in [-0.2, 0) is 4.79 Å². The van der Waals surface area contributed by atoms with E-state index in [4.69, 9.17) is 9.47 Å². The number of nitrogens with zero attached hydrogens (tertiary/aromatic N) is 1. The van der Waals surface area contributed by atoms with Crippen molar-refractivity contribution in [3.63, 3.8) is 0 Å². The highest BCUT2D eigenvalue weighted by molar-refractivity contribution is 6.05. The number of methoxy groups -OCH3 is 2. The highest BCUT2D eigenvalue weighted by atomic mass is 16.5. The van der Waals surface area contributed by atoms with Gasteiger partial charge in [-0.15, -0.1) is 0 Å². The lowest BCUT2D eigenvalue weighted by Gasteiger charge is -2.10. The molecule has 20 heavy (non-hydrogen) atoms. The molecule has 1 aliphatic rings. The minimum absolute atomic E-state index is 0.152. The minimum atomic E-state index is -0.559. The van der Waals surface area contributed by atoms with E-state index in [9.17, 15) is 4.79 Å². The lowest BCUT2D eigenvalue weighted by atomic mass is 10.1. The molecular formula is C14H19N3O3. The van der Waals surface area contributed by atoms with E-state index in [1.807, 2.05) is 19.9 Å². The van der Waals surface area contributed by atoms with E-state index in [0.717, 1.165) is 5.56 Å². The Labute approximate surface area is 118 Å². The van der Waals surface area contributed by atoms with Gasteiger partial charge in [0, 0.05) is 6.04 Å². The van der Waals surface area contributed by atoms with Crippen LogP contribution < -0.4 is 20.1 Å². The van der Waals surface area contributed by atoms with Crippen molar-refractivity contribution in [1.29, 1.82) is 0 Å². The number of carbonyl (C=O) groups excluding carboxylic acids is 1. The summed E-state index contributed by atoms with van der Waals surface area (Å²) >= 11 is 0. The standard InChI is InChI=1S/C14H19N3O3/c1-8(2)15-14-16-12(13(18)17-14)9-5-6-10(19-3)11(7-9)20-4/h5-8,12H,1-4H3,(H2,15,16,17,18). The van der Waals surface area contributed by atoms with Crippen molar-refractivity contribution in [1.82, 2.24) is 10.6 Å². The Balaban J connectivity index is 2.27. The van der Waals surface area contributed by atoms with E-state index in [1.54, 1.807) is 26.4 Å². The molecule has 108 valence electrons. The Morgan fingerprint density at radius 3 is 2.55 bits per heavy atom. The van der Waals surface area contributed by atoms with E-state index in [-0.39, 0.29) is 11.9 Å². The van der Waals surface area contributed by atoms with Crippen molar-refractivity contribution in [2.75, 3.05) is 14.2 Å². The fraction of sp³-hybridized carbons (Fsp3) is 0.429. The highest BCUT2D eigenvalue weighted by Crippen LogP contribution is 2.32. The van der Waals surface area contributed by atoms with Gasteiger partial charge in [-0.1, -0.05) is 6.07 Å². The van der Waals surface area contributed by atoms with Gasteiger partial charge >= 0.3 is 0 Å². The third-order valence-electron chi connectivity index (χ3n) is 2.90. The number of hydrogen-bond donors (Lipinski definition) is 2. The molecule has 1 aliphatic heterocycles. The molecule has 1 unspecified atom stereocenters. The molecule has 6 nitrogen and oxygen atoms in total. The molecule has 0 saturated heterocycles. The van der Waals surface area contributed by atoms with Crippen LogP contribution in [0.2, 0.25) is 0 Å². The SMILES string of the molecule is COc1ccc(C2N=C(NC(C)C)NC2=O)cc1OC. The summed E-state index contributed by atoms with van der Waals surface area (Å²) in [6.45, 7) is 3.97. The average Bonchev–Trinajstić information content (AvgIpc) is 2.77. The summed E-state index contributed by atoms with van der Waals surface area (Å²) in [4.78, 5) is 16.3. The molecule has 1 aromatic rings. The van der Waals surface area contributed by atoms with Crippen LogP contribution in [0.1, 0.15) is 25.5 Å². The quantitative estimate of drug-likeness (QED) is 0.868. The second-order valence-electron chi connectivity index (χ2n) is 4.78. The molecule has 6 heteroatoms. The van der Waals surface area contributed by atoms with Crippen LogP contribution in [0.3, 0.4) is 0 Å². The Hall–Kier alpha value is -2.24. The fourth-order valence-corrected chi connectivity index (χ4v) is 2.00. The van der Waals surface area contributed by atoms with Crippen LogP contribution >= 0.6 is 0 Å². The summed E-state index contributed by atoms with van der Waals surface area (Å²) in [7, 11) is 3.13. The van der Waals surface area contributed by atoms with E-state index < -0.39 is 6.04 Å². The van der Waals surface area contributed by atoms with Crippen molar-refractivity contribution in [2.45, 2.75) is 25.9 Å². The normalized spacial score (nSPS) is 17.8. The van der Waals surface area contributed by atoms with E-state index >= 15 is 0 Å². The summed E-state index contributed by atoms with van der Waals surface area (Å²) in [6.07, 6.45) is 0. The number of guanidine groups is 1. The van der Waals surface area contributed by atoms with E-state index in [0.29, 0.717) is 17.5 Å². The fourth-order valence-electron chi connectivity index (χ4n) is 2.00. The number of amides is 1. The van der Waals surface area contributed by atoms with Gasteiger partial charge in [0.15, 0.2) is 23.5 Å². The molecule has 2 N–H and O–H groups in total. The molecule has 1 aromatic carbocycles. The Morgan fingerprint density at radius 1 is 1.25 bits per heavy atom. The largest absolute Gasteiger partial charge is 0.493 e. The van der Waals surface area contributed by atoms with Gasteiger partial charge in [-0.2, -0.15) is 0 Å². The number of benzene rings is 1. The first-order chi connectivity index (χ1) is 9.55. The van der Waals surface area contributed by atoms with Crippen molar-refractivity contribution in [2.24, 2.45) is 4.99 Å². The summed E-state index contributed by atoms with van der Waals surface area (Å²) in [5.41, 5.74) is 0.765. The summed E-state index contributed by atoms with van der Waals surface area (Å²) in [5, 5.41) is 5.81. The van der Waals surface area contributed by atoms with Crippen LogP contribution in [0.15, 0.2) is 23.2 Å². The van der Waals surface area contributed by atoms with Crippen molar-refractivity contribution < 1.29 is 14.3 Å². The zero-order valence-electron chi connectivity index (χ0n) is 12.1. The van der Waals surface area contributed by atoms with Crippen LogP contribution in [-0.4, -0.2) is 32.1 Å². The summed E-state index contributed by atoms with van der Waals surface area (Å²) in [6, 6.07) is 5.00. The Kier molecular flexibility index (Phi) is 4.12. The third-order valence-corrected chi connectivity index (χ3v) is 2.90. The second-order valence-corrected chi connectivity index (χ2v) is 4.78. The second kappa shape index (κ2) is 5.81. The highest BCUT2D eigenvalue weighted by Gasteiger charge is 2.28. The van der Waals surface area contributed by atoms with Crippen molar-refractivity contribution >= 4 is 11.9 Å². The predicted molar refractivity (Wildman–Crippen MR) is 76.1 cm³/mol. The van der Waals surface area contributed by atoms with Gasteiger partial charge in [-0.25, -0.2) is 4.99 Å². The molecule has 0 saturated carbocycles. The number of carbonyl (C=O) groups is 1. The van der Waals surface area contributed by atoms with Gasteiger partial charge in [-0.3, -0.25) is 10.1 Å². The Morgan fingerprint density at radius 2 is 1.95 bits per heavy atom. The van der Waals surface area contributed by atoms with Crippen LogP contribution in [0, 0.1) is 0 Å². The maximum absolute atomic E-state index is 12.0. The lowest BCUT2D eigenvalue weighted by Crippen LogP contribution is -2.40. The number of nitrogens with one attached hydrogen (secondary N) is 2. The molecule has 1 atom stereocenters. The van der Waals surface area contributed by atoms with Crippen LogP contribution in [0.25, 0.3) is 0 Å². The topological polar surface area (TPSA) is 72.0 Å². The first-order valence-electron chi connectivity index (χ1n) is 6.42. The molecule has 0 aromatic heterocycles. The van der Waals surface area contributed by atoms with Crippen LogP contribution in [0.4, 0.5) is 0 Å². The van der Waals surface area contributed by atoms with E-state index in [2.05, 4.69) is 15.6 Å². The molecule has 2 rings (SSSR count). The maximum Gasteiger partial charge on any atom is 0.256 e. The summed E-state index contributed by atoms with van der Waals surface area (Å²) < 4.78 is 10.4. The minimum Gasteiger partial charge on any atom is -0.493 e. The molecule has 0 spiro atoms. The van der Waals surface area contributed by atoms with Crippen molar-refractivity contribution in [3.05, 3.63) is 23.8 Å². The zero-order chi connectivity index (χ0) is 14.7. The lowest BCUT2D eigenvalue weighted by molar-refractivity contribution is -0.120. The van der Waals surface area contributed by atoms with E-state index in [1.165, 1.54) is 0 Å². The van der Waals surface area contributed by atoms with Gasteiger partial charge in [0.1, 0.15) is 0 Å². The monoisotopic (exact) mass is 277 g/mol. The van der Waals surface area contributed by atoms with Gasteiger partial charge < -0.3 is 14.8 Å². The molecule has 0 aliphatic carbocycles. The van der Waals surface area contributed by atoms with Gasteiger partial charge in [0.05, 0.1) is 14.2 Å². The van der Waals surface area contributed by atoms with Crippen LogP contribution in [0.5, 0.6) is 11.5 Å². The third kappa shape index (κ3) is 2.84. The number of hydrogen-bond acceptors (Lipinski definition) is 5. The van der Waals surface area contributed by atoms with Gasteiger partial charge in [0.2, 0.25) is 0 Å². The molecule has 0 radical (unpaired) electrons. The first kappa shape index (κ1) is 14.2. The van der Waals surface area contributed by atoms with Crippen molar-refractivity contribution in [3.8, 4) is 11.5 Å². The predicted octanol–water partition coefficient (Wildman–Crippen LogP) is 1.23. The Bertz CT molecular complexity index is 540. The average molecular weight is 277 g/mol.